The van der Waals surface area contributed by atoms with Gasteiger partial charge in [-0.1, -0.05) is 0 Å². The van der Waals surface area contributed by atoms with Crippen LogP contribution in [0.5, 0.6) is 11.8 Å². The molecular formula is C17H19BrF3N5O4. The molecule has 0 saturated carbocycles. The van der Waals surface area contributed by atoms with Crippen molar-refractivity contribution in [3.8, 4) is 11.8 Å². The number of aromatic nitrogens is 4. The fourth-order valence-electron chi connectivity index (χ4n) is 2.89. The number of anilines is 1. The molecule has 0 N–H and O–H groups in total. The summed E-state index contributed by atoms with van der Waals surface area (Å²) in [5.74, 6) is 0.462. The van der Waals surface area contributed by atoms with Crippen LogP contribution in [-0.2, 0) is 22.7 Å². The van der Waals surface area contributed by atoms with Crippen LogP contribution in [0.3, 0.4) is 0 Å². The zero-order chi connectivity index (χ0) is 21.9. The molecule has 13 heteroatoms. The van der Waals surface area contributed by atoms with E-state index in [1.807, 2.05) is 4.90 Å². The molecule has 0 spiro atoms. The van der Waals surface area contributed by atoms with E-state index in [0.29, 0.717) is 36.2 Å². The highest BCUT2D eigenvalue weighted by molar-refractivity contribution is 9.10. The Balaban J connectivity index is 1.69. The standard InChI is InChI=1S/C17H19BrF3N5O4/c1-3-28-16(27)29-10-4-6-26(7-5-10)14-13(18)15(23-9-22-14)30-12-8-11(17(19,20)21)24-25(12)2/h8-10H,3-7H2,1-2H3. The minimum Gasteiger partial charge on any atom is -0.435 e. The first-order valence-electron chi connectivity index (χ1n) is 9.07. The van der Waals surface area contributed by atoms with Crippen molar-refractivity contribution in [3.05, 3.63) is 22.6 Å². The molecule has 3 rings (SSSR count). The predicted octanol–water partition coefficient (Wildman–Crippen LogP) is 3.93. The molecule has 30 heavy (non-hydrogen) atoms. The Labute approximate surface area is 178 Å². The summed E-state index contributed by atoms with van der Waals surface area (Å²) in [7, 11) is 1.34. The SMILES string of the molecule is CCOC(=O)OC1CCN(c2ncnc(Oc3cc(C(F)(F)F)nn3C)c2Br)CC1. The van der Waals surface area contributed by atoms with Crippen molar-refractivity contribution in [2.24, 2.45) is 7.05 Å². The number of piperidine rings is 1. The normalized spacial score (nSPS) is 15.2. The number of hydrogen-bond acceptors (Lipinski definition) is 8. The van der Waals surface area contributed by atoms with E-state index in [2.05, 4.69) is 31.0 Å². The average molecular weight is 494 g/mol. The molecule has 1 aliphatic rings. The van der Waals surface area contributed by atoms with Gasteiger partial charge in [-0.15, -0.1) is 0 Å². The summed E-state index contributed by atoms with van der Waals surface area (Å²) < 4.78 is 55.5. The molecule has 0 aliphatic carbocycles. The minimum absolute atomic E-state index is 0.0571. The highest BCUT2D eigenvalue weighted by Crippen LogP contribution is 2.37. The van der Waals surface area contributed by atoms with Crippen LogP contribution in [0.15, 0.2) is 16.9 Å². The first kappa shape index (κ1) is 22.1. The minimum atomic E-state index is -4.58. The quantitative estimate of drug-likeness (QED) is 0.578. The van der Waals surface area contributed by atoms with Crippen LogP contribution in [0.2, 0.25) is 0 Å². The number of hydrogen-bond donors (Lipinski definition) is 0. The number of ether oxygens (including phenoxy) is 3. The van der Waals surface area contributed by atoms with Crippen LogP contribution < -0.4 is 9.64 Å². The third-order valence-electron chi connectivity index (χ3n) is 4.33. The van der Waals surface area contributed by atoms with Gasteiger partial charge in [-0.3, -0.25) is 0 Å². The largest absolute Gasteiger partial charge is 0.508 e. The molecule has 2 aromatic heterocycles. The molecule has 0 bridgehead atoms. The van der Waals surface area contributed by atoms with Crippen LogP contribution in [-0.4, -0.2) is 51.7 Å². The van der Waals surface area contributed by atoms with Crippen molar-refractivity contribution in [3.63, 3.8) is 0 Å². The number of rotatable bonds is 5. The number of carbonyl (C=O) groups is 1. The summed E-state index contributed by atoms with van der Waals surface area (Å²) in [6.07, 6.45) is -3.12. The van der Waals surface area contributed by atoms with Gasteiger partial charge in [0.15, 0.2) is 5.69 Å². The molecule has 1 aliphatic heterocycles. The first-order valence-corrected chi connectivity index (χ1v) is 9.86. The lowest BCUT2D eigenvalue weighted by Crippen LogP contribution is -2.38. The predicted molar refractivity (Wildman–Crippen MR) is 101 cm³/mol. The summed E-state index contributed by atoms with van der Waals surface area (Å²) in [4.78, 5) is 21.6. The van der Waals surface area contributed by atoms with Crippen molar-refractivity contribution < 1.29 is 32.2 Å². The smallest absolute Gasteiger partial charge is 0.435 e. The average Bonchev–Trinajstić information content (AvgIpc) is 3.05. The van der Waals surface area contributed by atoms with Crippen LogP contribution in [0.4, 0.5) is 23.8 Å². The molecule has 0 radical (unpaired) electrons. The van der Waals surface area contributed by atoms with Gasteiger partial charge in [0, 0.05) is 39.0 Å². The number of nitrogens with zero attached hydrogens (tertiary/aromatic N) is 5. The van der Waals surface area contributed by atoms with E-state index in [1.54, 1.807) is 6.92 Å². The van der Waals surface area contributed by atoms with E-state index in [-0.39, 0.29) is 24.5 Å². The lowest BCUT2D eigenvalue weighted by Gasteiger charge is -2.32. The van der Waals surface area contributed by atoms with Gasteiger partial charge in [-0.2, -0.15) is 18.3 Å². The van der Waals surface area contributed by atoms with E-state index in [0.717, 1.165) is 10.7 Å². The third-order valence-corrected chi connectivity index (χ3v) is 5.03. The molecule has 9 nitrogen and oxygen atoms in total. The Morgan fingerprint density at radius 3 is 2.60 bits per heavy atom. The molecular weight excluding hydrogens is 475 g/mol. The number of carbonyl (C=O) groups excluding carboxylic acids is 1. The molecule has 164 valence electrons. The zero-order valence-electron chi connectivity index (χ0n) is 16.1. The summed E-state index contributed by atoms with van der Waals surface area (Å²) in [5.41, 5.74) is -1.06. The molecule has 3 heterocycles. The Morgan fingerprint density at radius 1 is 1.30 bits per heavy atom. The van der Waals surface area contributed by atoms with Gasteiger partial charge < -0.3 is 19.1 Å². The maximum atomic E-state index is 12.8. The van der Waals surface area contributed by atoms with Crippen molar-refractivity contribution in [2.45, 2.75) is 32.0 Å². The number of aryl methyl sites for hydroxylation is 1. The molecule has 1 saturated heterocycles. The van der Waals surface area contributed by atoms with E-state index >= 15 is 0 Å². The Bertz CT molecular complexity index is 900. The molecule has 0 unspecified atom stereocenters. The molecule has 0 atom stereocenters. The lowest BCUT2D eigenvalue weighted by molar-refractivity contribution is -0.141. The third kappa shape index (κ3) is 5.12. The highest BCUT2D eigenvalue weighted by Gasteiger charge is 2.35. The second kappa shape index (κ2) is 9.06. The maximum absolute atomic E-state index is 12.8. The van der Waals surface area contributed by atoms with Gasteiger partial charge in [0.05, 0.1) is 6.61 Å². The second-order valence-electron chi connectivity index (χ2n) is 6.39. The van der Waals surface area contributed by atoms with Gasteiger partial charge in [-0.25, -0.2) is 19.4 Å². The Kier molecular flexibility index (Phi) is 6.68. The molecule has 2 aromatic rings. The molecule has 1 fully saturated rings. The van der Waals surface area contributed by atoms with Crippen LogP contribution in [0.25, 0.3) is 0 Å². The van der Waals surface area contributed by atoms with E-state index in [1.165, 1.54) is 13.4 Å². The van der Waals surface area contributed by atoms with Crippen molar-refractivity contribution in [2.75, 3.05) is 24.6 Å². The van der Waals surface area contributed by atoms with Crippen LogP contribution in [0.1, 0.15) is 25.5 Å². The van der Waals surface area contributed by atoms with E-state index < -0.39 is 18.0 Å². The lowest BCUT2D eigenvalue weighted by atomic mass is 10.1. The molecule has 0 aromatic carbocycles. The number of alkyl halides is 3. The van der Waals surface area contributed by atoms with Gasteiger partial charge in [0.1, 0.15) is 22.7 Å². The fraction of sp³-hybridized carbons (Fsp3) is 0.529. The maximum Gasteiger partial charge on any atom is 0.508 e. The summed E-state index contributed by atoms with van der Waals surface area (Å²) >= 11 is 3.37. The monoisotopic (exact) mass is 493 g/mol. The Hall–Kier alpha value is -2.57. The summed E-state index contributed by atoms with van der Waals surface area (Å²) in [6.45, 7) is 3.03. The van der Waals surface area contributed by atoms with E-state index in [9.17, 15) is 18.0 Å². The van der Waals surface area contributed by atoms with Crippen molar-refractivity contribution in [1.82, 2.24) is 19.7 Å². The van der Waals surface area contributed by atoms with Gasteiger partial charge in [0.2, 0.25) is 11.8 Å². The zero-order valence-corrected chi connectivity index (χ0v) is 17.7. The second-order valence-corrected chi connectivity index (χ2v) is 7.19. The van der Waals surface area contributed by atoms with Gasteiger partial charge in [-0.05, 0) is 22.9 Å². The van der Waals surface area contributed by atoms with Crippen LogP contribution >= 0.6 is 15.9 Å². The highest BCUT2D eigenvalue weighted by atomic mass is 79.9. The van der Waals surface area contributed by atoms with Gasteiger partial charge >= 0.3 is 12.3 Å². The summed E-state index contributed by atoms with van der Waals surface area (Å²) in [5, 5.41) is 3.41. The summed E-state index contributed by atoms with van der Waals surface area (Å²) in [6, 6.07) is 0.798. The molecule has 0 amide bonds. The van der Waals surface area contributed by atoms with Crippen molar-refractivity contribution in [1.29, 1.82) is 0 Å². The topological polar surface area (TPSA) is 91.6 Å². The van der Waals surface area contributed by atoms with Crippen LogP contribution in [0, 0.1) is 0 Å². The fourth-order valence-corrected chi connectivity index (χ4v) is 3.43. The van der Waals surface area contributed by atoms with Gasteiger partial charge in [0.25, 0.3) is 0 Å². The first-order chi connectivity index (χ1) is 14.2. The Morgan fingerprint density at radius 2 is 2.00 bits per heavy atom. The van der Waals surface area contributed by atoms with E-state index in [4.69, 9.17) is 14.2 Å². The number of halogens is 4. The van der Waals surface area contributed by atoms with Crippen molar-refractivity contribution >= 4 is 27.9 Å².